The first-order valence-corrected chi connectivity index (χ1v) is 10.1. The number of para-hydroxylation sites is 1. The van der Waals surface area contributed by atoms with E-state index in [9.17, 15) is 13.2 Å². The van der Waals surface area contributed by atoms with Gasteiger partial charge in [0.25, 0.3) is 15.9 Å². The van der Waals surface area contributed by atoms with Gasteiger partial charge in [0.2, 0.25) is 0 Å². The van der Waals surface area contributed by atoms with Crippen LogP contribution in [0.5, 0.6) is 5.75 Å². The smallest absolute Gasteiger partial charge is 0.261 e. The number of ether oxygens (including phenoxy) is 2. The van der Waals surface area contributed by atoms with Crippen LogP contribution in [0.2, 0.25) is 0 Å². The van der Waals surface area contributed by atoms with Crippen LogP contribution >= 0.6 is 0 Å². The number of anilines is 1. The number of benzene rings is 2. The van der Waals surface area contributed by atoms with E-state index in [4.69, 9.17) is 9.47 Å². The summed E-state index contributed by atoms with van der Waals surface area (Å²) < 4.78 is 38.3. The summed E-state index contributed by atoms with van der Waals surface area (Å²) >= 11 is 0. The van der Waals surface area contributed by atoms with Crippen molar-refractivity contribution in [1.29, 1.82) is 0 Å². The maximum Gasteiger partial charge on any atom is 0.261 e. The number of hydrogen-bond donors (Lipinski definition) is 2. The van der Waals surface area contributed by atoms with Crippen molar-refractivity contribution in [2.45, 2.75) is 23.8 Å². The van der Waals surface area contributed by atoms with Gasteiger partial charge < -0.3 is 14.8 Å². The highest BCUT2D eigenvalue weighted by molar-refractivity contribution is 7.92. The van der Waals surface area contributed by atoms with Crippen molar-refractivity contribution in [3.8, 4) is 5.75 Å². The van der Waals surface area contributed by atoms with E-state index < -0.39 is 10.0 Å². The van der Waals surface area contributed by atoms with Gasteiger partial charge in [0, 0.05) is 13.2 Å². The van der Waals surface area contributed by atoms with Gasteiger partial charge in [0.1, 0.15) is 5.75 Å². The molecule has 1 fully saturated rings. The highest BCUT2D eigenvalue weighted by Gasteiger charge is 2.20. The van der Waals surface area contributed by atoms with Crippen LogP contribution in [-0.4, -0.2) is 40.7 Å². The number of sulfonamides is 1. The van der Waals surface area contributed by atoms with E-state index in [0.29, 0.717) is 18.9 Å². The third-order valence-electron chi connectivity index (χ3n) is 4.30. The third-order valence-corrected chi connectivity index (χ3v) is 5.68. The zero-order chi connectivity index (χ0) is 19.3. The summed E-state index contributed by atoms with van der Waals surface area (Å²) in [5, 5.41) is 2.81. The molecule has 3 rings (SSSR count). The standard InChI is InChI=1S/C19H22N2O5S/c1-25-14-8-10-16(11-9-14)27(23,24)21-18-7-3-2-6-17(18)19(22)20-13-15-5-4-12-26-15/h2-3,6-11,15,21H,4-5,12-13H2,1H3,(H,20,22)/t15-/m0/s1. The van der Waals surface area contributed by atoms with E-state index in [1.165, 1.54) is 19.2 Å². The predicted molar refractivity (Wildman–Crippen MR) is 102 cm³/mol. The Morgan fingerprint density at radius 3 is 2.59 bits per heavy atom. The molecule has 0 bridgehead atoms. The minimum absolute atomic E-state index is 0.0112. The van der Waals surface area contributed by atoms with Crippen molar-refractivity contribution >= 4 is 21.6 Å². The highest BCUT2D eigenvalue weighted by atomic mass is 32.2. The monoisotopic (exact) mass is 390 g/mol. The van der Waals surface area contributed by atoms with Crippen LogP contribution in [0.25, 0.3) is 0 Å². The van der Waals surface area contributed by atoms with Gasteiger partial charge in [-0.1, -0.05) is 12.1 Å². The zero-order valence-electron chi connectivity index (χ0n) is 15.0. The minimum Gasteiger partial charge on any atom is -0.497 e. The molecule has 1 atom stereocenters. The van der Waals surface area contributed by atoms with Crippen molar-refractivity contribution in [1.82, 2.24) is 5.32 Å². The van der Waals surface area contributed by atoms with Gasteiger partial charge >= 0.3 is 0 Å². The minimum atomic E-state index is -3.84. The molecule has 7 nitrogen and oxygen atoms in total. The van der Waals surface area contributed by atoms with Gasteiger partial charge in [0.15, 0.2) is 0 Å². The molecule has 0 aromatic heterocycles. The number of carbonyl (C=O) groups is 1. The Bertz CT molecular complexity index is 891. The predicted octanol–water partition coefficient (Wildman–Crippen LogP) is 2.40. The molecular formula is C19H22N2O5S. The average Bonchev–Trinajstić information content (AvgIpc) is 3.20. The molecule has 144 valence electrons. The summed E-state index contributed by atoms with van der Waals surface area (Å²) in [5.41, 5.74) is 0.478. The van der Waals surface area contributed by atoms with Gasteiger partial charge in [0.05, 0.1) is 29.4 Å². The van der Waals surface area contributed by atoms with Crippen LogP contribution in [-0.2, 0) is 14.8 Å². The molecule has 1 saturated heterocycles. The lowest BCUT2D eigenvalue weighted by Crippen LogP contribution is -2.32. The summed E-state index contributed by atoms with van der Waals surface area (Å²) in [4.78, 5) is 12.6. The number of rotatable bonds is 7. The highest BCUT2D eigenvalue weighted by Crippen LogP contribution is 2.22. The van der Waals surface area contributed by atoms with Crippen molar-refractivity contribution in [2.75, 3.05) is 25.0 Å². The summed E-state index contributed by atoms with van der Waals surface area (Å²) in [5.74, 6) is 0.210. The van der Waals surface area contributed by atoms with Gasteiger partial charge in [-0.2, -0.15) is 0 Å². The lowest BCUT2D eigenvalue weighted by molar-refractivity contribution is 0.0858. The molecule has 1 heterocycles. The van der Waals surface area contributed by atoms with Crippen molar-refractivity contribution in [3.05, 3.63) is 54.1 Å². The molecule has 0 aliphatic carbocycles. The van der Waals surface area contributed by atoms with E-state index in [-0.39, 0.29) is 28.2 Å². The van der Waals surface area contributed by atoms with Crippen molar-refractivity contribution in [2.24, 2.45) is 0 Å². The molecule has 27 heavy (non-hydrogen) atoms. The fourth-order valence-corrected chi connectivity index (χ4v) is 3.92. The number of methoxy groups -OCH3 is 1. The van der Waals surface area contributed by atoms with Crippen LogP contribution in [0, 0.1) is 0 Å². The molecule has 0 saturated carbocycles. The SMILES string of the molecule is COc1ccc(S(=O)(=O)Nc2ccccc2C(=O)NC[C@@H]2CCCO2)cc1. The first kappa shape index (κ1) is 19.2. The number of nitrogens with one attached hydrogen (secondary N) is 2. The maximum absolute atomic E-state index is 12.6. The van der Waals surface area contributed by atoms with Crippen LogP contribution < -0.4 is 14.8 Å². The fraction of sp³-hybridized carbons (Fsp3) is 0.316. The van der Waals surface area contributed by atoms with E-state index in [0.717, 1.165) is 12.8 Å². The van der Waals surface area contributed by atoms with Gasteiger partial charge in [-0.15, -0.1) is 0 Å². The lowest BCUT2D eigenvalue weighted by atomic mass is 10.1. The zero-order valence-corrected chi connectivity index (χ0v) is 15.8. The first-order valence-electron chi connectivity index (χ1n) is 8.65. The van der Waals surface area contributed by atoms with Crippen LogP contribution in [0.1, 0.15) is 23.2 Å². The van der Waals surface area contributed by atoms with Crippen molar-refractivity contribution < 1.29 is 22.7 Å². The van der Waals surface area contributed by atoms with Crippen LogP contribution in [0.3, 0.4) is 0 Å². The Hall–Kier alpha value is -2.58. The largest absolute Gasteiger partial charge is 0.497 e. The van der Waals surface area contributed by atoms with Crippen molar-refractivity contribution in [3.63, 3.8) is 0 Å². The Balaban J connectivity index is 1.75. The summed E-state index contributed by atoms with van der Waals surface area (Å²) in [6.45, 7) is 1.11. The second-order valence-electron chi connectivity index (χ2n) is 6.17. The number of hydrogen-bond acceptors (Lipinski definition) is 5. The van der Waals surface area contributed by atoms with E-state index in [1.54, 1.807) is 36.4 Å². The molecule has 0 radical (unpaired) electrons. The molecule has 8 heteroatoms. The summed E-state index contributed by atoms with van der Waals surface area (Å²) in [7, 11) is -2.33. The first-order chi connectivity index (χ1) is 13.0. The Morgan fingerprint density at radius 1 is 1.19 bits per heavy atom. The molecule has 2 aromatic carbocycles. The molecule has 2 N–H and O–H groups in total. The molecule has 1 aliphatic rings. The number of amides is 1. The lowest BCUT2D eigenvalue weighted by Gasteiger charge is -2.14. The Kier molecular flexibility index (Phi) is 5.98. The van der Waals surface area contributed by atoms with E-state index in [1.807, 2.05) is 0 Å². The maximum atomic E-state index is 12.6. The molecular weight excluding hydrogens is 368 g/mol. The average molecular weight is 390 g/mol. The molecule has 1 aliphatic heterocycles. The van der Waals surface area contributed by atoms with E-state index in [2.05, 4.69) is 10.0 Å². The second kappa shape index (κ2) is 8.41. The Labute approximate surface area is 158 Å². The normalized spacial score (nSPS) is 16.7. The summed E-state index contributed by atoms with van der Waals surface area (Å²) in [6.07, 6.45) is 1.90. The third kappa shape index (κ3) is 4.78. The van der Waals surface area contributed by atoms with Gasteiger partial charge in [-0.05, 0) is 49.2 Å². The quantitative estimate of drug-likeness (QED) is 0.757. The van der Waals surface area contributed by atoms with Gasteiger partial charge in [-0.25, -0.2) is 8.42 Å². The fourth-order valence-electron chi connectivity index (χ4n) is 2.84. The van der Waals surface area contributed by atoms with E-state index >= 15 is 0 Å². The van der Waals surface area contributed by atoms with Crippen LogP contribution in [0.15, 0.2) is 53.4 Å². The molecule has 0 unspecified atom stereocenters. The topological polar surface area (TPSA) is 93.7 Å². The molecule has 2 aromatic rings. The molecule has 1 amide bonds. The molecule has 0 spiro atoms. The van der Waals surface area contributed by atoms with Gasteiger partial charge in [-0.3, -0.25) is 9.52 Å². The van der Waals surface area contributed by atoms with Crippen LogP contribution in [0.4, 0.5) is 5.69 Å². The second-order valence-corrected chi connectivity index (χ2v) is 7.85. The number of carbonyl (C=O) groups excluding carboxylic acids is 1. The summed E-state index contributed by atoms with van der Waals surface area (Å²) in [6, 6.07) is 12.5. The Morgan fingerprint density at radius 2 is 1.93 bits per heavy atom.